The molecule has 0 aliphatic carbocycles. The Kier molecular flexibility index (Phi) is 4.40. The van der Waals surface area contributed by atoms with E-state index in [0.29, 0.717) is 24.0 Å². The number of Topliss-reactive ketones (excluding diaryl/α,β-unsaturated/α-hetero) is 1. The molecular formula is C14H19FO2. The van der Waals surface area contributed by atoms with Crippen LogP contribution in [0.25, 0.3) is 0 Å². The number of rotatable bonds is 5. The van der Waals surface area contributed by atoms with Crippen molar-refractivity contribution in [3.05, 3.63) is 35.1 Å². The first-order valence-corrected chi connectivity index (χ1v) is 5.70. The average Bonchev–Trinajstić information content (AvgIpc) is 2.30. The van der Waals surface area contributed by atoms with Crippen LogP contribution in [0.5, 0.6) is 0 Å². The fourth-order valence-corrected chi connectivity index (χ4v) is 1.48. The van der Waals surface area contributed by atoms with Crippen LogP contribution in [0.1, 0.15) is 42.6 Å². The number of hydrogen-bond donors (Lipinski definition) is 0. The van der Waals surface area contributed by atoms with Crippen LogP contribution < -0.4 is 0 Å². The van der Waals surface area contributed by atoms with Gasteiger partial charge in [0.25, 0.3) is 0 Å². The number of ketones is 1. The van der Waals surface area contributed by atoms with E-state index in [0.717, 1.165) is 0 Å². The van der Waals surface area contributed by atoms with Crippen molar-refractivity contribution in [1.82, 2.24) is 0 Å². The van der Waals surface area contributed by atoms with Gasteiger partial charge in [-0.1, -0.05) is 0 Å². The number of benzene rings is 1. The lowest BCUT2D eigenvalue weighted by atomic mass is 9.97. The summed E-state index contributed by atoms with van der Waals surface area (Å²) in [5, 5.41) is 0. The predicted octanol–water partition coefficient (Wildman–Crippen LogP) is 3.52. The first-order valence-electron chi connectivity index (χ1n) is 5.70. The molecule has 0 atom stereocenters. The van der Waals surface area contributed by atoms with E-state index in [1.54, 1.807) is 20.1 Å². The summed E-state index contributed by atoms with van der Waals surface area (Å²) in [7, 11) is 1.63. The van der Waals surface area contributed by atoms with Crippen LogP contribution in [0.2, 0.25) is 0 Å². The lowest BCUT2D eigenvalue weighted by Crippen LogP contribution is -2.23. The molecule has 0 aromatic heterocycles. The van der Waals surface area contributed by atoms with Crippen LogP contribution in [-0.2, 0) is 4.74 Å². The number of methoxy groups -OCH3 is 1. The van der Waals surface area contributed by atoms with Crippen molar-refractivity contribution >= 4 is 5.78 Å². The molecule has 0 bridgehead atoms. The summed E-state index contributed by atoms with van der Waals surface area (Å²) in [6, 6.07) is 4.46. The molecule has 1 aromatic carbocycles. The highest BCUT2D eigenvalue weighted by molar-refractivity contribution is 5.96. The van der Waals surface area contributed by atoms with E-state index in [1.807, 2.05) is 13.8 Å². The van der Waals surface area contributed by atoms with Gasteiger partial charge in [0.1, 0.15) is 5.82 Å². The molecule has 0 spiro atoms. The second-order valence-electron chi connectivity index (χ2n) is 4.85. The Balaban J connectivity index is 2.68. The summed E-state index contributed by atoms with van der Waals surface area (Å²) in [6.07, 6.45) is 1.06. The second kappa shape index (κ2) is 5.41. The van der Waals surface area contributed by atoms with Gasteiger partial charge in [0, 0.05) is 19.1 Å². The molecule has 94 valence electrons. The van der Waals surface area contributed by atoms with E-state index in [-0.39, 0.29) is 17.2 Å². The van der Waals surface area contributed by atoms with E-state index < -0.39 is 0 Å². The smallest absolute Gasteiger partial charge is 0.162 e. The highest BCUT2D eigenvalue weighted by Crippen LogP contribution is 2.18. The Morgan fingerprint density at radius 3 is 2.59 bits per heavy atom. The molecule has 17 heavy (non-hydrogen) atoms. The molecule has 0 radical (unpaired) electrons. The van der Waals surface area contributed by atoms with Crippen molar-refractivity contribution in [1.29, 1.82) is 0 Å². The van der Waals surface area contributed by atoms with Gasteiger partial charge in [-0.15, -0.1) is 0 Å². The zero-order chi connectivity index (χ0) is 13.1. The van der Waals surface area contributed by atoms with Gasteiger partial charge in [-0.05, 0) is 51.0 Å². The predicted molar refractivity (Wildman–Crippen MR) is 65.8 cm³/mol. The maximum Gasteiger partial charge on any atom is 0.162 e. The van der Waals surface area contributed by atoms with Crippen LogP contribution >= 0.6 is 0 Å². The Bertz CT molecular complexity index is 411. The zero-order valence-electron chi connectivity index (χ0n) is 10.8. The minimum Gasteiger partial charge on any atom is -0.379 e. The summed E-state index contributed by atoms with van der Waals surface area (Å²) in [5.74, 6) is -0.253. The Morgan fingerprint density at radius 1 is 1.41 bits per heavy atom. The summed E-state index contributed by atoms with van der Waals surface area (Å²) in [6.45, 7) is 5.54. The second-order valence-corrected chi connectivity index (χ2v) is 4.85. The first-order chi connectivity index (χ1) is 7.85. The van der Waals surface area contributed by atoms with Gasteiger partial charge in [-0.25, -0.2) is 4.39 Å². The summed E-state index contributed by atoms with van der Waals surface area (Å²) in [5.41, 5.74) is 0.766. The molecule has 0 aliphatic rings. The van der Waals surface area contributed by atoms with Crippen molar-refractivity contribution in [3.8, 4) is 0 Å². The molecule has 3 heteroatoms. The third-order valence-electron chi connectivity index (χ3n) is 2.99. The molecule has 0 saturated heterocycles. The summed E-state index contributed by atoms with van der Waals surface area (Å²) >= 11 is 0. The number of carbonyl (C=O) groups is 1. The van der Waals surface area contributed by atoms with Gasteiger partial charge >= 0.3 is 0 Å². The molecule has 0 fully saturated rings. The molecule has 0 heterocycles. The van der Waals surface area contributed by atoms with Gasteiger partial charge in [0.05, 0.1) is 5.60 Å². The third kappa shape index (κ3) is 3.93. The van der Waals surface area contributed by atoms with Gasteiger partial charge in [-0.2, -0.15) is 0 Å². The minimum absolute atomic E-state index is 0.0261. The quantitative estimate of drug-likeness (QED) is 0.734. The molecule has 0 aliphatic heterocycles. The van der Waals surface area contributed by atoms with E-state index in [1.165, 1.54) is 12.1 Å². The van der Waals surface area contributed by atoms with Gasteiger partial charge in [0.15, 0.2) is 5.78 Å². The van der Waals surface area contributed by atoms with Gasteiger partial charge < -0.3 is 4.74 Å². The number of hydrogen-bond acceptors (Lipinski definition) is 2. The molecule has 0 amide bonds. The Morgan fingerprint density at radius 2 is 2.06 bits per heavy atom. The largest absolute Gasteiger partial charge is 0.379 e. The molecule has 2 nitrogen and oxygen atoms in total. The third-order valence-corrected chi connectivity index (χ3v) is 2.99. The van der Waals surface area contributed by atoms with Gasteiger partial charge in [-0.3, -0.25) is 4.79 Å². The van der Waals surface area contributed by atoms with E-state index >= 15 is 0 Å². The highest BCUT2D eigenvalue weighted by Gasteiger charge is 2.18. The number of halogens is 1. The fraction of sp³-hybridized carbons (Fsp3) is 0.500. The highest BCUT2D eigenvalue weighted by atomic mass is 19.1. The van der Waals surface area contributed by atoms with Crippen molar-refractivity contribution in [2.45, 2.75) is 39.2 Å². The Hall–Kier alpha value is -1.22. The van der Waals surface area contributed by atoms with E-state index in [9.17, 15) is 9.18 Å². The lowest BCUT2D eigenvalue weighted by Gasteiger charge is -2.22. The van der Waals surface area contributed by atoms with Crippen molar-refractivity contribution in [3.63, 3.8) is 0 Å². The van der Waals surface area contributed by atoms with Crippen LogP contribution in [0.15, 0.2) is 18.2 Å². The van der Waals surface area contributed by atoms with Crippen LogP contribution in [0, 0.1) is 12.7 Å². The molecule has 1 rings (SSSR count). The maximum atomic E-state index is 13.1. The van der Waals surface area contributed by atoms with Gasteiger partial charge in [0.2, 0.25) is 0 Å². The number of aryl methyl sites for hydroxylation is 1. The van der Waals surface area contributed by atoms with Crippen LogP contribution in [0.3, 0.4) is 0 Å². The number of ether oxygens (including phenoxy) is 1. The fourth-order valence-electron chi connectivity index (χ4n) is 1.48. The Labute approximate surface area is 102 Å². The maximum absolute atomic E-state index is 13.1. The summed E-state index contributed by atoms with van der Waals surface area (Å²) in [4.78, 5) is 11.9. The van der Waals surface area contributed by atoms with Crippen molar-refractivity contribution in [2.75, 3.05) is 7.11 Å². The van der Waals surface area contributed by atoms with E-state index in [4.69, 9.17) is 4.74 Å². The lowest BCUT2D eigenvalue weighted by molar-refractivity contribution is 0.0141. The van der Waals surface area contributed by atoms with Crippen molar-refractivity contribution in [2.24, 2.45) is 0 Å². The molecule has 0 unspecified atom stereocenters. The monoisotopic (exact) mass is 238 g/mol. The zero-order valence-corrected chi connectivity index (χ0v) is 10.8. The molecule has 0 saturated carbocycles. The normalized spacial score (nSPS) is 11.6. The van der Waals surface area contributed by atoms with Crippen LogP contribution in [-0.4, -0.2) is 18.5 Å². The topological polar surface area (TPSA) is 26.3 Å². The number of carbonyl (C=O) groups excluding carboxylic acids is 1. The van der Waals surface area contributed by atoms with Crippen molar-refractivity contribution < 1.29 is 13.9 Å². The molecular weight excluding hydrogens is 219 g/mol. The molecule has 1 aromatic rings. The molecule has 0 N–H and O–H groups in total. The first kappa shape index (κ1) is 13.8. The SMILES string of the molecule is COC(C)(C)CCC(=O)c1ccc(F)c(C)c1. The average molecular weight is 238 g/mol. The standard InChI is InChI=1S/C14H19FO2/c1-10-9-11(5-6-12(10)15)13(16)7-8-14(2,3)17-4/h5-6,9H,7-8H2,1-4H3. The van der Waals surface area contributed by atoms with Crippen LogP contribution in [0.4, 0.5) is 4.39 Å². The summed E-state index contributed by atoms with van der Waals surface area (Å²) < 4.78 is 18.3. The van der Waals surface area contributed by atoms with E-state index in [2.05, 4.69) is 0 Å². The minimum atomic E-state index is -0.301.